The molecule has 2 aromatic rings. The molecule has 0 bridgehead atoms. The smallest absolute Gasteiger partial charge is 0.219 e. The quantitative estimate of drug-likeness (QED) is 0.662. The molecule has 0 radical (unpaired) electrons. The fourth-order valence-corrected chi connectivity index (χ4v) is 3.00. The maximum atomic E-state index is 5.99. The van der Waals surface area contributed by atoms with E-state index in [9.17, 15) is 0 Å². The molecule has 1 heterocycles. The van der Waals surface area contributed by atoms with Crippen LogP contribution in [0.2, 0.25) is 0 Å². The maximum absolute atomic E-state index is 5.99. The number of hydrogen-bond donors (Lipinski definition) is 2. The molecule has 1 unspecified atom stereocenters. The SMILES string of the molecule is NNc1nnc(COC2CCCc3ccccc32)s1. The summed E-state index contributed by atoms with van der Waals surface area (Å²) in [7, 11) is 0. The van der Waals surface area contributed by atoms with Crippen LogP contribution in [0, 0.1) is 0 Å². The standard InChI is InChI=1S/C13H16N4OS/c14-15-13-17-16-12(19-13)8-18-11-7-3-5-9-4-1-2-6-10(9)11/h1-2,4,6,11H,3,5,7-8,14H2,(H,15,17). The van der Waals surface area contributed by atoms with Crippen LogP contribution in [0.5, 0.6) is 0 Å². The normalized spacial score (nSPS) is 18.1. The molecular weight excluding hydrogens is 260 g/mol. The van der Waals surface area contributed by atoms with Crippen molar-refractivity contribution in [1.82, 2.24) is 10.2 Å². The van der Waals surface area contributed by atoms with Crippen LogP contribution in [-0.2, 0) is 17.8 Å². The van der Waals surface area contributed by atoms with Crippen molar-refractivity contribution in [3.8, 4) is 0 Å². The van der Waals surface area contributed by atoms with Gasteiger partial charge in [0.1, 0.15) is 11.6 Å². The first-order valence-electron chi connectivity index (χ1n) is 6.35. The summed E-state index contributed by atoms with van der Waals surface area (Å²) in [5.41, 5.74) is 5.21. The Balaban J connectivity index is 1.68. The summed E-state index contributed by atoms with van der Waals surface area (Å²) >= 11 is 1.42. The second-order valence-corrected chi connectivity index (χ2v) is 5.60. The minimum Gasteiger partial charge on any atom is -0.366 e. The predicted molar refractivity (Wildman–Crippen MR) is 74.6 cm³/mol. The Bertz CT molecular complexity index is 557. The molecule has 6 heteroatoms. The Morgan fingerprint density at radius 3 is 3.11 bits per heavy atom. The Hall–Kier alpha value is -1.50. The lowest BCUT2D eigenvalue weighted by Gasteiger charge is -2.25. The first-order chi connectivity index (χ1) is 9.36. The van der Waals surface area contributed by atoms with E-state index in [-0.39, 0.29) is 6.10 Å². The Morgan fingerprint density at radius 1 is 1.37 bits per heavy atom. The molecule has 0 saturated heterocycles. The number of nitrogens with zero attached hydrogens (tertiary/aromatic N) is 2. The largest absolute Gasteiger partial charge is 0.366 e. The number of anilines is 1. The van der Waals surface area contributed by atoms with E-state index in [0.717, 1.165) is 17.8 Å². The topological polar surface area (TPSA) is 73.1 Å². The van der Waals surface area contributed by atoms with Crippen molar-refractivity contribution in [2.75, 3.05) is 5.43 Å². The number of hydrogen-bond acceptors (Lipinski definition) is 6. The molecule has 3 N–H and O–H groups in total. The average molecular weight is 276 g/mol. The van der Waals surface area contributed by atoms with E-state index in [1.54, 1.807) is 0 Å². The fraction of sp³-hybridized carbons (Fsp3) is 0.385. The number of ether oxygens (including phenoxy) is 1. The van der Waals surface area contributed by atoms with Crippen LogP contribution in [0.25, 0.3) is 0 Å². The summed E-state index contributed by atoms with van der Waals surface area (Å²) in [4.78, 5) is 0. The molecule has 100 valence electrons. The van der Waals surface area contributed by atoms with Gasteiger partial charge >= 0.3 is 0 Å². The number of benzene rings is 1. The number of aryl methyl sites for hydroxylation is 1. The van der Waals surface area contributed by atoms with E-state index < -0.39 is 0 Å². The van der Waals surface area contributed by atoms with Gasteiger partial charge in [0.2, 0.25) is 5.13 Å². The zero-order valence-electron chi connectivity index (χ0n) is 10.5. The van der Waals surface area contributed by atoms with Crippen molar-refractivity contribution in [2.24, 2.45) is 5.84 Å². The predicted octanol–water partition coefficient (Wildman–Crippen LogP) is 2.42. The lowest BCUT2D eigenvalue weighted by atomic mass is 9.89. The highest BCUT2D eigenvalue weighted by atomic mass is 32.1. The van der Waals surface area contributed by atoms with Crippen LogP contribution in [0.1, 0.15) is 35.1 Å². The highest BCUT2D eigenvalue weighted by molar-refractivity contribution is 7.15. The number of nitrogens with two attached hydrogens (primary N) is 1. The van der Waals surface area contributed by atoms with Gasteiger partial charge < -0.3 is 4.74 Å². The molecule has 1 aromatic heterocycles. The molecule has 19 heavy (non-hydrogen) atoms. The fourth-order valence-electron chi connectivity index (χ4n) is 2.42. The first-order valence-corrected chi connectivity index (χ1v) is 7.17. The maximum Gasteiger partial charge on any atom is 0.219 e. The Kier molecular flexibility index (Phi) is 3.72. The van der Waals surface area contributed by atoms with Crippen molar-refractivity contribution in [1.29, 1.82) is 0 Å². The number of nitrogens with one attached hydrogen (secondary N) is 1. The molecule has 5 nitrogen and oxygen atoms in total. The summed E-state index contributed by atoms with van der Waals surface area (Å²) in [6.07, 6.45) is 3.56. The van der Waals surface area contributed by atoms with Crippen LogP contribution in [-0.4, -0.2) is 10.2 Å². The Labute approximate surface area is 115 Å². The van der Waals surface area contributed by atoms with E-state index in [1.165, 1.54) is 28.9 Å². The molecular formula is C13H16N4OS. The summed E-state index contributed by atoms with van der Waals surface area (Å²) in [5.74, 6) is 5.28. The third-order valence-corrected chi connectivity index (χ3v) is 4.14. The number of rotatable bonds is 4. The number of aromatic nitrogens is 2. The molecule has 0 fully saturated rings. The highest BCUT2D eigenvalue weighted by Crippen LogP contribution is 2.33. The molecule has 0 amide bonds. The molecule has 3 rings (SSSR count). The molecule has 0 spiro atoms. The summed E-state index contributed by atoms with van der Waals surface area (Å²) in [6.45, 7) is 0.484. The van der Waals surface area contributed by atoms with Gasteiger partial charge in [0.25, 0.3) is 0 Å². The van der Waals surface area contributed by atoms with Crippen LogP contribution in [0.15, 0.2) is 24.3 Å². The minimum absolute atomic E-state index is 0.170. The van der Waals surface area contributed by atoms with Crippen molar-refractivity contribution in [3.63, 3.8) is 0 Å². The van der Waals surface area contributed by atoms with Gasteiger partial charge in [-0.15, -0.1) is 10.2 Å². The van der Waals surface area contributed by atoms with Crippen molar-refractivity contribution < 1.29 is 4.74 Å². The van der Waals surface area contributed by atoms with Gasteiger partial charge in [0.05, 0.1) is 6.10 Å². The van der Waals surface area contributed by atoms with Crippen LogP contribution >= 0.6 is 11.3 Å². The molecule has 1 atom stereocenters. The first kappa shape index (κ1) is 12.5. The van der Waals surface area contributed by atoms with Gasteiger partial charge in [-0.1, -0.05) is 35.6 Å². The van der Waals surface area contributed by atoms with Crippen LogP contribution in [0.3, 0.4) is 0 Å². The van der Waals surface area contributed by atoms with Gasteiger partial charge in [0, 0.05) is 0 Å². The zero-order chi connectivity index (χ0) is 13.1. The molecule has 0 aliphatic heterocycles. The van der Waals surface area contributed by atoms with Crippen LogP contribution < -0.4 is 11.3 Å². The number of fused-ring (bicyclic) bond motifs is 1. The highest BCUT2D eigenvalue weighted by Gasteiger charge is 2.20. The van der Waals surface area contributed by atoms with Gasteiger partial charge in [-0.25, -0.2) is 5.84 Å². The second-order valence-electron chi connectivity index (χ2n) is 4.54. The van der Waals surface area contributed by atoms with E-state index >= 15 is 0 Å². The zero-order valence-corrected chi connectivity index (χ0v) is 11.3. The Morgan fingerprint density at radius 2 is 2.26 bits per heavy atom. The third kappa shape index (κ3) is 2.75. The summed E-state index contributed by atoms with van der Waals surface area (Å²) < 4.78 is 5.99. The van der Waals surface area contributed by atoms with Crippen molar-refractivity contribution >= 4 is 16.5 Å². The summed E-state index contributed by atoms with van der Waals surface area (Å²) in [5, 5.41) is 9.38. The molecule has 1 aliphatic carbocycles. The van der Waals surface area contributed by atoms with Gasteiger partial charge in [-0.2, -0.15) is 0 Å². The minimum atomic E-state index is 0.170. The summed E-state index contributed by atoms with van der Waals surface area (Å²) in [6, 6.07) is 8.51. The lowest BCUT2D eigenvalue weighted by molar-refractivity contribution is 0.0279. The molecule has 0 saturated carbocycles. The van der Waals surface area contributed by atoms with Crippen molar-refractivity contribution in [3.05, 3.63) is 40.4 Å². The molecule has 1 aliphatic rings. The van der Waals surface area contributed by atoms with Crippen LogP contribution in [0.4, 0.5) is 5.13 Å². The lowest BCUT2D eigenvalue weighted by Crippen LogP contribution is -2.12. The number of hydrazine groups is 1. The van der Waals surface area contributed by atoms with E-state index in [4.69, 9.17) is 10.6 Å². The third-order valence-electron chi connectivity index (χ3n) is 3.31. The van der Waals surface area contributed by atoms with E-state index in [0.29, 0.717) is 11.7 Å². The monoisotopic (exact) mass is 276 g/mol. The van der Waals surface area contributed by atoms with Gasteiger partial charge in [0.15, 0.2) is 0 Å². The molecule has 1 aromatic carbocycles. The van der Waals surface area contributed by atoms with Crippen molar-refractivity contribution in [2.45, 2.75) is 32.0 Å². The van der Waals surface area contributed by atoms with E-state index in [1.807, 2.05) is 0 Å². The second kappa shape index (κ2) is 5.64. The van der Waals surface area contributed by atoms with E-state index in [2.05, 4.69) is 39.9 Å². The average Bonchev–Trinajstić information content (AvgIpc) is 2.93. The van der Waals surface area contributed by atoms with Gasteiger partial charge in [-0.3, -0.25) is 5.43 Å². The number of nitrogen functional groups attached to an aromatic ring is 1. The van der Waals surface area contributed by atoms with Gasteiger partial charge in [-0.05, 0) is 30.4 Å².